The number of rotatable bonds is 4. The number of alkyl halides is 3. The minimum Gasteiger partial charge on any atom is -0.304 e. The topological polar surface area (TPSA) is 77.1 Å². The molecule has 0 radical (unpaired) electrons. The number of aryl methyl sites for hydroxylation is 2. The minimum absolute atomic E-state index is 0.0322. The quantitative estimate of drug-likeness (QED) is 0.307. The summed E-state index contributed by atoms with van der Waals surface area (Å²) >= 11 is 6.44. The lowest BCUT2D eigenvalue weighted by Gasteiger charge is -2.23. The van der Waals surface area contributed by atoms with Crippen LogP contribution in [0.15, 0.2) is 60.8 Å². The monoisotopic (exact) mass is 536 g/mol. The lowest BCUT2D eigenvalue weighted by Crippen LogP contribution is -2.21. The van der Waals surface area contributed by atoms with Crippen LogP contribution in [-0.4, -0.2) is 30.3 Å². The number of fused-ring (bicyclic) bond motifs is 4. The molecule has 2 aromatic carbocycles. The molecule has 192 valence electrons. The van der Waals surface area contributed by atoms with Gasteiger partial charge in [0.25, 0.3) is 5.91 Å². The zero-order valence-electron chi connectivity index (χ0n) is 20.1. The maximum atomic E-state index is 14.3. The van der Waals surface area contributed by atoms with Crippen LogP contribution in [0.25, 0.3) is 16.9 Å². The second-order valence-corrected chi connectivity index (χ2v) is 9.50. The van der Waals surface area contributed by atoms with Crippen molar-refractivity contribution in [2.75, 3.05) is 5.32 Å². The Labute approximate surface area is 219 Å². The van der Waals surface area contributed by atoms with Crippen LogP contribution in [0.4, 0.5) is 19.0 Å². The van der Waals surface area contributed by atoms with Gasteiger partial charge in [-0.25, -0.2) is 9.50 Å². The molecule has 0 saturated heterocycles. The van der Waals surface area contributed by atoms with Crippen molar-refractivity contribution in [3.8, 4) is 11.3 Å². The molecule has 0 saturated carbocycles. The Hall–Kier alpha value is -4.18. The smallest absolute Gasteiger partial charge is 0.304 e. The summed E-state index contributed by atoms with van der Waals surface area (Å²) in [6.45, 7) is 2.48. The van der Waals surface area contributed by atoms with Gasteiger partial charge in [-0.3, -0.25) is 9.48 Å². The van der Waals surface area contributed by atoms with Crippen molar-refractivity contribution in [2.45, 2.75) is 32.5 Å². The Morgan fingerprint density at radius 3 is 2.61 bits per heavy atom. The normalized spacial score (nSPS) is 12.9. The largest absolute Gasteiger partial charge is 0.433 e. The summed E-state index contributed by atoms with van der Waals surface area (Å²) in [5, 5.41) is 10.7. The molecule has 3 aromatic heterocycles. The van der Waals surface area contributed by atoms with Crippen LogP contribution < -0.4 is 5.32 Å². The molecule has 7 nitrogen and oxygen atoms in total. The molecule has 1 aliphatic carbocycles. The van der Waals surface area contributed by atoms with Crippen LogP contribution in [0.2, 0.25) is 5.02 Å². The highest BCUT2D eigenvalue weighted by Crippen LogP contribution is 2.41. The lowest BCUT2D eigenvalue weighted by molar-refractivity contribution is -0.143. The fraction of sp³-hybridized carbons (Fsp3) is 0.185. The van der Waals surface area contributed by atoms with Gasteiger partial charge in [-0.15, -0.1) is 0 Å². The number of benzene rings is 2. The van der Waals surface area contributed by atoms with Gasteiger partial charge in [0.2, 0.25) is 0 Å². The molecule has 1 N–H and O–H groups in total. The third-order valence-electron chi connectivity index (χ3n) is 6.68. The zero-order valence-corrected chi connectivity index (χ0v) is 20.8. The van der Waals surface area contributed by atoms with Gasteiger partial charge in [-0.2, -0.15) is 23.4 Å². The Balaban J connectivity index is 1.37. The molecule has 5 aromatic rings. The lowest BCUT2D eigenvalue weighted by atomic mass is 9.88. The van der Waals surface area contributed by atoms with E-state index in [0.29, 0.717) is 23.0 Å². The second-order valence-electron chi connectivity index (χ2n) is 9.12. The summed E-state index contributed by atoms with van der Waals surface area (Å²) in [6, 6.07) is 16.6. The van der Waals surface area contributed by atoms with E-state index < -0.39 is 17.8 Å². The number of carbonyl (C=O) groups excluding carboxylic acids is 1. The number of aromatic nitrogens is 5. The highest BCUT2D eigenvalue weighted by Gasteiger charge is 2.41. The van der Waals surface area contributed by atoms with Gasteiger partial charge in [-0.1, -0.05) is 60.1 Å². The highest BCUT2D eigenvalue weighted by molar-refractivity contribution is 6.37. The summed E-state index contributed by atoms with van der Waals surface area (Å²) in [7, 11) is 0. The van der Waals surface area contributed by atoms with Crippen LogP contribution in [-0.2, 0) is 25.6 Å². The molecule has 0 atom stereocenters. The number of hydrogen-bond acceptors (Lipinski definition) is 4. The van der Waals surface area contributed by atoms with E-state index in [2.05, 4.69) is 20.5 Å². The van der Waals surface area contributed by atoms with Crippen molar-refractivity contribution in [1.82, 2.24) is 24.4 Å². The first-order chi connectivity index (χ1) is 18.2. The van der Waals surface area contributed by atoms with Gasteiger partial charge >= 0.3 is 6.18 Å². The summed E-state index contributed by atoms with van der Waals surface area (Å²) in [5.41, 5.74) is 2.34. The van der Waals surface area contributed by atoms with Crippen LogP contribution >= 0.6 is 11.6 Å². The average Bonchev–Trinajstić information content (AvgIpc) is 3.46. The van der Waals surface area contributed by atoms with E-state index in [9.17, 15) is 18.0 Å². The molecule has 3 heterocycles. The first kappa shape index (κ1) is 24.2. The van der Waals surface area contributed by atoms with Gasteiger partial charge < -0.3 is 5.32 Å². The van der Waals surface area contributed by atoms with E-state index in [4.69, 9.17) is 11.6 Å². The second kappa shape index (κ2) is 8.98. The molecule has 6 rings (SSSR count). The predicted molar refractivity (Wildman–Crippen MR) is 136 cm³/mol. The van der Waals surface area contributed by atoms with Crippen molar-refractivity contribution in [1.29, 1.82) is 0 Å². The fourth-order valence-corrected chi connectivity index (χ4v) is 5.08. The molecule has 11 heteroatoms. The number of halogens is 4. The highest BCUT2D eigenvalue weighted by atomic mass is 35.5. The number of hydrogen-bond donors (Lipinski definition) is 1. The van der Waals surface area contributed by atoms with E-state index in [1.165, 1.54) is 0 Å². The predicted octanol–water partition coefficient (Wildman–Crippen LogP) is 5.97. The van der Waals surface area contributed by atoms with E-state index in [1.54, 1.807) is 29.1 Å². The Bertz CT molecular complexity index is 1720. The van der Waals surface area contributed by atoms with E-state index in [-0.39, 0.29) is 39.9 Å². The third kappa shape index (κ3) is 4.10. The zero-order chi connectivity index (χ0) is 26.6. The SMILES string of the molecule is Cc1ccccc1Cn1ccc(NC(=O)c2nn3c(C(F)(F)F)c4c(nc3c2Cl)-c2ccccc2CC4)n1. The molecule has 1 amide bonds. The summed E-state index contributed by atoms with van der Waals surface area (Å²) in [5.74, 6) is -0.568. The van der Waals surface area contributed by atoms with Crippen molar-refractivity contribution < 1.29 is 18.0 Å². The van der Waals surface area contributed by atoms with E-state index in [0.717, 1.165) is 16.7 Å². The number of amides is 1. The Morgan fingerprint density at radius 1 is 1.05 bits per heavy atom. The molecule has 1 aliphatic rings. The molecule has 0 bridgehead atoms. The maximum Gasteiger partial charge on any atom is 0.433 e. The van der Waals surface area contributed by atoms with Crippen LogP contribution in [0, 0.1) is 6.92 Å². The van der Waals surface area contributed by atoms with Crippen molar-refractivity contribution in [3.63, 3.8) is 0 Å². The number of nitrogens with zero attached hydrogens (tertiary/aromatic N) is 5. The maximum absolute atomic E-state index is 14.3. The summed E-state index contributed by atoms with van der Waals surface area (Å²) in [6.07, 6.45) is -2.47. The van der Waals surface area contributed by atoms with Gasteiger partial charge in [0, 0.05) is 23.4 Å². The van der Waals surface area contributed by atoms with Crippen molar-refractivity contribution >= 4 is 29.0 Å². The molecular formula is C27H20ClF3N6O. The van der Waals surface area contributed by atoms with Crippen LogP contribution in [0.1, 0.15) is 38.4 Å². The molecule has 0 unspecified atom stereocenters. The van der Waals surface area contributed by atoms with Gasteiger partial charge in [-0.05, 0) is 36.5 Å². The van der Waals surface area contributed by atoms with Crippen LogP contribution in [0.3, 0.4) is 0 Å². The van der Waals surface area contributed by atoms with E-state index >= 15 is 0 Å². The first-order valence-electron chi connectivity index (χ1n) is 11.9. The Kier molecular flexibility index (Phi) is 5.71. The van der Waals surface area contributed by atoms with E-state index in [1.807, 2.05) is 43.3 Å². The Morgan fingerprint density at radius 2 is 1.82 bits per heavy atom. The standard InChI is InChI=1S/C27H20ClF3N6O/c1-15-6-2-3-8-17(15)14-36-13-12-20(34-36)32-26(38)23-21(28)25-33-22-18-9-5-4-7-16(18)10-11-19(22)24(27(29,30)31)37(25)35-23/h2-9,12-13H,10-11,14H2,1H3,(H,32,34,38). The average molecular weight is 537 g/mol. The number of nitrogens with one attached hydrogen (secondary N) is 1. The minimum atomic E-state index is -4.74. The van der Waals surface area contributed by atoms with Crippen molar-refractivity contribution in [2.24, 2.45) is 0 Å². The first-order valence-corrected chi connectivity index (χ1v) is 12.2. The molecule has 38 heavy (non-hydrogen) atoms. The molecular weight excluding hydrogens is 517 g/mol. The summed E-state index contributed by atoms with van der Waals surface area (Å²) in [4.78, 5) is 17.5. The third-order valence-corrected chi connectivity index (χ3v) is 7.03. The molecule has 0 fully saturated rings. The van der Waals surface area contributed by atoms with Gasteiger partial charge in [0.05, 0.1) is 12.2 Å². The molecule has 0 aliphatic heterocycles. The fourth-order valence-electron chi connectivity index (χ4n) is 4.83. The summed E-state index contributed by atoms with van der Waals surface area (Å²) < 4.78 is 45.3. The van der Waals surface area contributed by atoms with Crippen molar-refractivity contribution in [3.05, 3.63) is 99.5 Å². The molecule has 0 spiro atoms. The number of carbonyl (C=O) groups is 1. The van der Waals surface area contributed by atoms with Gasteiger partial charge in [0.15, 0.2) is 22.9 Å². The number of anilines is 1. The van der Waals surface area contributed by atoms with Gasteiger partial charge in [0.1, 0.15) is 5.02 Å². The van der Waals surface area contributed by atoms with Crippen LogP contribution in [0.5, 0.6) is 0 Å².